The number of hydrogen-bond acceptors (Lipinski definition) is 3. The van der Waals surface area contributed by atoms with Crippen LogP contribution in [0.2, 0.25) is 0 Å². The summed E-state index contributed by atoms with van der Waals surface area (Å²) in [4.78, 5) is 21.3. The molecular weight excluding hydrogens is 324 g/mol. The number of benzene rings is 1. The molecule has 5 nitrogen and oxygen atoms in total. The van der Waals surface area contributed by atoms with Crippen molar-refractivity contribution in [1.29, 1.82) is 0 Å². The molecule has 0 spiro atoms. The summed E-state index contributed by atoms with van der Waals surface area (Å²) in [6.45, 7) is 4.52. The molecule has 2 atom stereocenters. The van der Waals surface area contributed by atoms with Crippen molar-refractivity contribution < 1.29 is 4.79 Å². The summed E-state index contributed by atoms with van der Waals surface area (Å²) >= 11 is 0. The van der Waals surface area contributed by atoms with Crippen LogP contribution < -0.4 is 5.32 Å². The van der Waals surface area contributed by atoms with Crippen molar-refractivity contribution in [3.8, 4) is 5.82 Å². The average Bonchev–Trinajstić information content (AvgIpc) is 3.34. The summed E-state index contributed by atoms with van der Waals surface area (Å²) < 4.78 is 1.94. The number of nitrogens with one attached hydrogen (secondary N) is 1. The van der Waals surface area contributed by atoms with E-state index in [2.05, 4.69) is 34.3 Å². The Morgan fingerprint density at radius 3 is 2.77 bits per heavy atom. The van der Waals surface area contributed by atoms with Crippen LogP contribution in [0.5, 0.6) is 0 Å². The molecule has 1 saturated carbocycles. The highest BCUT2D eigenvalue weighted by Crippen LogP contribution is 2.48. The zero-order valence-electron chi connectivity index (χ0n) is 15.0. The van der Waals surface area contributed by atoms with E-state index >= 15 is 0 Å². The largest absolute Gasteiger partial charge is 0.352 e. The second-order valence-corrected chi connectivity index (χ2v) is 6.85. The molecule has 1 N–H and O–H groups in total. The fraction of sp³-hybridized carbons (Fsp3) is 0.286. The van der Waals surface area contributed by atoms with Gasteiger partial charge in [0.2, 0.25) is 5.91 Å². The van der Waals surface area contributed by atoms with Gasteiger partial charge in [0.1, 0.15) is 11.6 Å². The van der Waals surface area contributed by atoms with E-state index in [1.807, 2.05) is 42.0 Å². The molecule has 3 aromatic rings. The van der Waals surface area contributed by atoms with Crippen LogP contribution in [0, 0.1) is 19.8 Å². The highest BCUT2D eigenvalue weighted by Gasteiger charge is 2.44. The first-order chi connectivity index (χ1) is 12.6. The van der Waals surface area contributed by atoms with Gasteiger partial charge < -0.3 is 5.32 Å². The predicted molar refractivity (Wildman–Crippen MR) is 100.0 cm³/mol. The number of nitrogens with zero attached hydrogens (tertiary/aromatic N) is 3. The number of rotatable bonds is 5. The maximum atomic E-state index is 12.6. The summed E-state index contributed by atoms with van der Waals surface area (Å²) in [7, 11) is 0. The zero-order valence-corrected chi connectivity index (χ0v) is 15.0. The van der Waals surface area contributed by atoms with Gasteiger partial charge in [-0.3, -0.25) is 9.36 Å². The van der Waals surface area contributed by atoms with Crippen molar-refractivity contribution in [2.24, 2.45) is 5.92 Å². The molecule has 132 valence electrons. The predicted octanol–water partition coefficient (Wildman–Crippen LogP) is 3.30. The molecule has 0 bridgehead atoms. The summed E-state index contributed by atoms with van der Waals surface area (Å²) in [6, 6.07) is 12.2. The number of imidazole rings is 1. The van der Waals surface area contributed by atoms with Gasteiger partial charge in [-0.25, -0.2) is 9.97 Å². The average molecular weight is 346 g/mol. The van der Waals surface area contributed by atoms with Crippen molar-refractivity contribution in [3.05, 3.63) is 77.5 Å². The number of carbonyl (C=O) groups is 1. The second kappa shape index (κ2) is 6.75. The first-order valence-electron chi connectivity index (χ1n) is 8.92. The summed E-state index contributed by atoms with van der Waals surface area (Å²) in [6.07, 6.45) is 6.33. The van der Waals surface area contributed by atoms with Crippen LogP contribution in [0.4, 0.5) is 0 Å². The van der Waals surface area contributed by atoms with Crippen LogP contribution in [-0.2, 0) is 11.3 Å². The number of hydrogen-bond donors (Lipinski definition) is 1. The van der Waals surface area contributed by atoms with Crippen LogP contribution in [-0.4, -0.2) is 20.4 Å². The van der Waals surface area contributed by atoms with E-state index in [1.165, 1.54) is 11.1 Å². The summed E-state index contributed by atoms with van der Waals surface area (Å²) in [5.41, 5.74) is 3.54. The van der Waals surface area contributed by atoms with E-state index in [9.17, 15) is 4.79 Å². The fourth-order valence-corrected chi connectivity index (χ4v) is 3.53. The fourth-order valence-electron chi connectivity index (χ4n) is 3.53. The van der Waals surface area contributed by atoms with Crippen LogP contribution >= 0.6 is 0 Å². The molecule has 2 heterocycles. The molecule has 1 aliphatic rings. The molecule has 0 saturated heterocycles. The van der Waals surface area contributed by atoms with E-state index in [0.717, 1.165) is 23.6 Å². The Hall–Kier alpha value is -2.95. The van der Waals surface area contributed by atoms with Crippen LogP contribution in [0.1, 0.15) is 34.9 Å². The van der Waals surface area contributed by atoms with Gasteiger partial charge in [0, 0.05) is 36.6 Å². The lowest BCUT2D eigenvalue weighted by atomic mass is 10.0. The van der Waals surface area contributed by atoms with Crippen molar-refractivity contribution in [2.45, 2.75) is 32.7 Å². The Morgan fingerprint density at radius 2 is 2.00 bits per heavy atom. The van der Waals surface area contributed by atoms with Crippen LogP contribution in [0.15, 0.2) is 55.0 Å². The molecule has 1 fully saturated rings. The molecule has 26 heavy (non-hydrogen) atoms. The zero-order chi connectivity index (χ0) is 18.1. The van der Waals surface area contributed by atoms with Crippen molar-refractivity contribution >= 4 is 5.91 Å². The Morgan fingerprint density at radius 1 is 1.15 bits per heavy atom. The first kappa shape index (κ1) is 16.5. The van der Waals surface area contributed by atoms with Gasteiger partial charge in [-0.15, -0.1) is 0 Å². The number of aromatic nitrogens is 3. The van der Waals surface area contributed by atoms with Gasteiger partial charge in [-0.2, -0.15) is 0 Å². The van der Waals surface area contributed by atoms with E-state index in [0.29, 0.717) is 12.5 Å². The van der Waals surface area contributed by atoms with Gasteiger partial charge >= 0.3 is 0 Å². The Balaban J connectivity index is 1.44. The minimum absolute atomic E-state index is 0.0752. The molecule has 0 unspecified atom stereocenters. The Kier molecular flexibility index (Phi) is 4.29. The summed E-state index contributed by atoms with van der Waals surface area (Å²) in [5.74, 6) is 2.23. The van der Waals surface area contributed by atoms with E-state index in [4.69, 9.17) is 0 Å². The topological polar surface area (TPSA) is 59.8 Å². The number of amides is 1. The third-order valence-electron chi connectivity index (χ3n) is 5.09. The van der Waals surface area contributed by atoms with Gasteiger partial charge in [-0.05, 0) is 43.4 Å². The van der Waals surface area contributed by atoms with Crippen molar-refractivity contribution in [3.63, 3.8) is 0 Å². The maximum absolute atomic E-state index is 12.6. The summed E-state index contributed by atoms with van der Waals surface area (Å²) in [5, 5.41) is 3.09. The van der Waals surface area contributed by atoms with Crippen molar-refractivity contribution in [2.75, 3.05) is 0 Å². The van der Waals surface area contributed by atoms with E-state index < -0.39 is 0 Å². The van der Waals surface area contributed by atoms with Crippen LogP contribution in [0.25, 0.3) is 5.82 Å². The SMILES string of the molecule is Cc1ccccc1[C@@H]1C[C@@H]1C(=O)NCc1cccnc1-n1ccnc1C. The molecule has 5 heteroatoms. The molecule has 4 rings (SSSR count). The lowest BCUT2D eigenvalue weighted by Gasteiger charge is -2.11. The lowest BCUT2D eigenvalue weighted by molar-refractivity contribution is -0.122. The van der Waals surface area contributed by atoms with E-state index in [1.54, 1.807) is 12.4 Å². The molecular formula is C21H22N4O. The third-order valence-corrected chi connectivity index (χ3v) is 5.09. The van der Waals surface area contributed by atoms with Crippen molar-refractivity contribution in [1.82, 2.24) is 19.9 Å². The molecule has 2 aromatic heterocycles. The maximum Gasteiger partial charge on any atom is 0.224 e. The smallest absolute Gasteiger partial charge is 0.224 e. The third kappa shape index (κ3) is 3.12. The molecule has 0 aliphatic heterocycles. The first-order valence-corrected chi connectivity index (χ1v) is 8.92. The Labute approximate surface area is 153 Å². The molecule has 0 radical (unpaired) electrons. The number of aryl methyl sites for hydroxylation is 2. The van der Waals surface area contributed by atoms with Gasteiger partial charge in [0.05, 0.1) is 0 Å². The normalized spacial score (nSPS) is 18.5. The quantitative estimate of drug-likeness (QED) is 0.771. The standard InChI is InChI=1S/C21H22N4O/c1-14-6-3-4-8-17(14)18-12-19(18)21(26)24-13-16-7-5-9-23-20(16)25-11-10-22-15(25)2/h3-11,18-19H,12-13H2,1-2H3,(H,24,26)/t18-,19-/m0/s1. The monoisotopic (exact) mass is 346 g/mol. The van der Waals surface area contributed by atoms with Gasteiger partial charge in [0.15, 0.2) is 0 Å². The Bertz CT molecular complexity index is 946. The second-order valence-electron chi connectivity index (χ2n) is 6.85. The van der Waals surface area contributed by atoms with Crippen LogP contribution in [0.3, 0.4) is 0 Å². The minimum Gasteiger partial charge on any atom is -0.352 e. The minimum atomic E-state index is 0.0752. The van der Waals surface area contributed by atoms with Gasteiger partial charge in [0.25, 0.3) is 0 Å². The van der Waals surface area contributed by atoms with Gasteiger partial charge in [-0.1, -0.05) is 30.3 Å². The highest BCUT2D eigenvalue weighted by atomic mass is 16.2. The number of pyridine rings is 1. The molecule has 1 amide bonds. The lowest BCUT2D eigenvalue weighted by Crippen LogP contribution is -2.25. The number of carbonyl (C=O) groups excluding carboxylic acids is 1. The molecule has 1 aliphatic carbocycles. The van der Waals surface area contributed by atoms with E-state index in [-0.39, 0.29) is 11.8 Å². The highest BCUT2D eigenvalue weighted by molar-refractivity contribution is 5.83. The molecule has 1 aromatic carbocycles.